The number of aromatic hydroxyl groups is 1. The van der Waals surface area contributed by atoms with E-state index in [1.165, 1.54) is 5.56 Å². The van der Waals surface area contributed by atoms with E-state index in [0.717, 1.165) is 48.1 Å². The Hall–Kier alpha value is -1.54. The van der Waals surface area contributed by atoms with Gasteiger partial charge in [0.2, 0.25) is 0 Å². The molecule has 2 aliphatic rings. The highest BCUT2D eigenvalue weighted by Gasteiger charge is 2.51. The van der Waals surface area contributed by atoms with Gasteiger partial charge in [0.25, 0.3) is 0 Å². The van der Waals surface area contributed by atoms with Gasteiger partial charge >= 0.3 is 0 Å². The van der Waals surface area contributed by atoms with Crippen LogP contribution in [0.4, 0.5) is 11.4 Å². The van der Waals surface area contributed by atoms with Crippen molar-refractivity contribution in [3.63, 3.8) is 0 Å². The zero-order chi connectivity index (χ0) is 22.2. The van der Waals surface area contributed by atoms with Crippen LogP contribution in [-0.4, -0.2) is 27.9 Å². The predicted octanol–water partition coefficient (Wildman–Crippen LogP) is 7.56. The summed E-state index contributed by atoms with van der Waals surface area (Å²) in [5.41, 5.74) is 3.17. The summed E-state index contributed by atoms with van der Waals surface area (Å²) in [4.78, 5) is 12.5. The standard InChI is InChI=1S/C26H33N3OS.HI/c1-18-9-11-20(12-10-18)27-23-26(15-13-19(14-16-26)25(2,3)4)29(24(28-23)31-5)21-7-6-8-22(30)17-21;/h6-12,17,19,30H,13-16H2,1-5H3;1H. The summed E-state index contributed by atoms with van der Waals surface area (Å²) in [5, 5.41) is 11.1. The molecule has 1 saturated carbocycles. The molecule has 2 aromatic rings. The molecule has 0 saturated heterocycles. The van der Waals surface area contributed by atoms with Gasteiger partial charge in [-0.05, 0) is 74.5 Å². The fraction of sp³-hybridized carbons (Fsp3) is 0.462. The second kappa shape index (κ2) is 9.75. The van der Waals surface area contributed by atoms with Crippen molar-refractivity contribution in [2.24, 2.45) is 21.3 Å². The van der Waals surface area contributed by atoms with Crippen LogP contribution < -0.4 is 4.90 Å². The normalized spacial score (nSPS) is 24.5. The number of nitrogens with zero attached hydrogens (tertiary/aromatic N) is 3. The maximum Gasteiger partial charge on any atom is 0.170 e. The fourth-order valence-corrected chi connectivity index (χ4v) is 5.57. The van der Waals surface area contributed by atoms with Crippen LogP contribution in [0.2, 0.25) is 0 Å². The van der Waals surface area contributed by atoms with Crippen molar-refractivity contribution in [1.29, 1.82) is 0 Å². The summed E-state index contributed by atoms with van der Waals surface area (Å²) in [6.07, 6.45) is 6.36. The molecule has 2 aromatic carbocycles. The first-order chi connectivity index (χ1) is 14.7. The third kappa shape index (κ3) is 4.86. The number of rotatable bonds is 2. The van der Waals surface area contributed by atoms with E-state index in [0.29, 0.717) is 11.3 Å². The van der Waals surface area contributed by atoms with Crippen molar-refractivity contribution in [1.82, 2.24) is 0 Å². The van der Waals surface area contributed by atoms with Crippen LogP contribution in [0.15, 0.2) is 58.5 Å². The number of halogens is 1. The average Bonchev–Trinajstić information content (AvgIpc) is 3.02. The van der Waals surface area contributed by atoms with Gasteiger partial charge in [0.05, 0.1) is 5.69 Å². The van der Waals surface area contributed by atoms with Gasteiger partial charge in [0.1, 0.15) is 11.3 Å². The van der Waals surface area contributed by atoms with E-state index in [1.807, 2.05) is 12.1 Å². The summed E-state index contributed by atoms with van der Waals surface area (Å²) in [6, 6.07) is 15.9. The van der Waals surface area contributed by atoms with Crippen LogP contribution in [-0.2, 0) is 0 Å². The number of phenolic OH excluding ortho intramolecular Hbond substituents is 1. The molecular formula is C26H34IN3OS. The van der Waals surface area contributed by atoms with Crippen molar-refractivity contribution >= 4 is 58.1 Å². The van der Waals surface area contributed by atoms with Gasteiger partial charge < -0.3 is 10.0 Å². The Kier molecular flexibility index (Phi) is 7.65. The topological polar surface area (TPSA) is 48.2 Å². The Balaban J connectivity index is 0.00000289. The molecule has 1 fully saturated rings. The van der Waals surface area contributed by atoms with Crippen molar-refractivity contribution in [3.05, 3.63) is 54.1 Å². The van der Waals surface area contributed by atoms with Crippen molar-refractivity contribution < 1.29 is 5.11 Å². The Labute approximate surface area is 213 Å². The minimum atomic E-state index is -0.279. The van der Waals surface area contributed by atoms with E-state index in [4.69, 9.17) is 9.98 Å². The van der Waals surface area contributed by atoms with E-state index >= 15 is 0 Å². The Morgan fingerprint density at radius 2 is 1.75 bits per heavy atom. The summed E-state index contributed by atoms with van der Waals surface area (Å²) in [7, 11) is 0. The van der Waals surface area contributed by atoms with E-state index in [-0.39, 0.29) is 35.3 Å². The molecular weight excluding hydrogens is 529 g/mol. The number of benzene rings is 2. The van der Waals surface area contributed by atoms with Gasteiger partial charge in [0, 0.05) is 11.8 Å². The Morgan fingerprint density at radius 1 is 1.09 bits per heavy atom. The number of aliphatic imine (C=N–C) groups is 2. The van der Waals surface area contributed by atoms with Gasteiger partial charge in [-0.15, -0.1) is 24.0 Å². The minimum Gasteiger partial charge on any atom is -0.508 e. The number of thioether (sulfide) groups is 1. The quantitative estimate of drug-likeness (QED) is 0.384. The van der Waals surface area contributed by atoms with Gasteiger partial charge in [0.15, 0.2) is 11.0 Å². The second-order valence-corrected chi connectivity index (χ2v) is 10.7. The maximum atomic E-state index is 10.2. The molecule has 0 atom stereocenters. The Morgan fingerprint density at radius 3 is 2.31 bits per heavy atom. The van der Waals surface area contributed by atoms with Gasteiger partial charge in [-0.25, -0.2) is 9.98 Å². The number of aryl methyl sites for hydroxylation is 1. The number of amidine groups is 2. The second-order valence-electron chi connectivity index (χ2n) is 9.90. The van der Waals surface area contributed by atoms with Crippen molar-refractivity contribution in [2.75, 3.05) is 11.2 Å². The lowest BCUT2D eigenvalue weighted by Crippen LogP contribution is -2.54. The highest BCUT2D eigenvalue weighted by Crippen LogP contribution is 2.49. The van der Waals surface area contributed by atoms with Crippen LogP contribution in [0.3, 0.4) is 0 Å². The molecule has 0 bridgehead atoms. The van der Waals surface area contributed by atoms with Crippen molar-refractivity contribution in [3.8, 4) is 5.75 Å². The van der Waals surface area contributed by atoms with E-state index in [9.17, 15) is 5.11 Å². The van der Waals surface area contributed by atoms with E-state index in [1.54, 1.807) is 17.8 Å². The molecule has 0 unspecified atom stereocenters. The van der Waals surface area contributed by atoms with Crippen LogP contribution in [0.1, 0.15) is 52.0 Å². The van der Waals surface area contributed by atoms with Crippen LogP contribution in [0.5, 0.6) is 5.75 Å². The lowest BCUT2D eigenvalue weighted by Gasteiger charge is -2.47. The lowest BCUT2D eigenvalue weighted by atomic mass is 9.66. The highest BCUT2D eigenvalue weighted by atomic mass is 127. The number of phenols is 1. The molecule has 0 aromatic heterocycles. The smallest absolute Gasteiger partial charge is 0.170 e. The molecule has 6 heteroatoms. The SMILES string of the molecule is CSC1=NC(=Nc2ccc(C)cc2)C2(CCC(C(C)(C)C)CC2)N1c1cccc(O)c1.I. The summed E-state index contributed by atoms with van der Waals surface area (Å²) >= 11 is 1.65. The first-order valence-electron chi connectivity index (χ1n) is 11.1. The molecule has 172 valence electrons. The minimum absolute atomic E-state index is 0. The molecule has 0 radical (unpaired) electrons. The van der Waals surface area contributed by atoms with Crippen LogP contribution in [0.25, 0.3) is 0 Å². The maximum absolute atomic E-state index is 10.2. The lowest BCUT2D eigenvalue weighted by molar-refractivity contribution is 0.158. The molecule has 1 spiro atoms. The Bertz CT molecular complexity index is 1000. The summed E-state index contributed by atoms with van der Waals surface area (Å²) in [6.45, 7) is 9.14. The number of hydrogen-bond donors (Lipinski definition) is 1. The molecule has 1 aliphatic heterocycles. The number of hydrogen-bond acceptors (Lipinski definition) is 4. The van der Waals surface area contributed by atoms with Gasteiger partial charge in [-0.3, -0.25) is 0 Å². The zero-order valence-corrected chi connectivity index (χ0v) is 22.8. The van der Waals surface area contributed by atoms with E-state index in [2.05, 4.69) is 69.2 Å². The third-order valence-electron chi connectivity index (χ3n) is 6.81. The molecule has 1 heterocycles. The van der Waals surface area contributed by atoms with Crippen molar-refractivity contribution in [2.45, 2.75) is 58.9 Å². The largest absolute Gasteiger partial charge is 0.508 e. The zero-order valence-electron chi connectivity index (χ0n) is 19.6. The molecule has 1 aliphatic carbocycles. The molecule has 0 amide bonds. The van der Waals surface area contributed by atoms with Gasteiger partial charge in [-0.1, -0.05) is 56.3 Å². The fourth-order valence-electron chi connectivity index (χ4n) is 4.93. The molecule has 4 nitrogen and oxygen atoms in total. The number of anilines is 1. The first kappa shape index (κ1) is 25.1. The molecule has 4 rings (SSSR count). The third-order valence-corrected chi connectivity index (χ3v) is 7.45. The van der Waals surface area contributed by atoms with E-state index < -0.39 is 0 Å². The highest BCUT2D eigenvalue weighted by molar-refractivity contribution is 14.0. The molecule has 1 N–H and O–H groups in total. The van der Waals surface area contributed by atoms with Gasteiger partial charge in [-0.2, -0.15) is 0 Å². The summed E-state index contributed by atoms with van der Waals surface area (Å²) < 4.78 is 0. The average molecular weight is 564 g/mol. The summed E-state index contributed by atoms with van der Waals surface area (Å²) in [5.74, 6) is 1.86. The van der Waals surface area contributed by atoms with Crippen LogP contribution >= 0.6 is 35.7 Å². The first-order valence-corrected chi connectivity index (χ1v) is 12.3. The monoisotopic (exact) mass is 563 g/mol. The predicted molar refractivity (Wildman–Crippen MR) is 149 cm³/mol. The van der Waals surface area contributed by atoms with Crippen LogP contribution in [0, 0.1) is 18.3 Å². The molecule has 32 heavy (non-hydrogen) atoms.